The molecule has 0 saturated heterocycles. The molecule has 2 N–H and O–H groups in total. The molecule has 0 spiro atoms. The molecule has 15 heavy (non-hydrogen) atoms. The van der Waals surface area contributed by atoms with Gasteiger partial charge in [0, 0.05) is 18.0 Å². The second-order valence-electron chi connectivity index (χ2n) is 3.99. The smallest absolute Gasteiger partial charge is 0.0982 e. The average Bonchev–Trinajstić information content (AvgIpc) is 2.18. The van der Waals surface area contributed by atoms with E-state index in [0.29, 0.717) is 18.2 Å². The summed E-state index contributed by atoms with van der Waals surface area (Å²) < 4.78 is 0. The third-order valence-electron chi connectivity index (χ3n) is 1.99. The van der Waals surface area contributed by atoms with E-state index in [1.54, 1.807) is 0 Å². The van der Waals surface area contributed by atoms with Crippen LogP contribution < -0.4 is 5.73 Å². The monoisotopic (exact) mass is 224 g/mol. The molecule has 2 nitrogen and oxygen atoms in total. The molecule has 1 aromatic carbocycles. The molecule has 0 amide bonds. The first-order valence-electron chi connectivity index (χ1n) is 5.11. The highest BCUT2D eigenvalue weighted by atomic mass is 35.5. The lowest BCUT2D eigenvalue weighted by molar-refractivity contribution is 0.664. The summed E-state index contributed by atoms with van der Waals surface area (Å²) in [6.45, 7) is 5.01. The van der Waals surface area contributed by atoms with Crippen molar-refractivity contribution in [2.24, 2.45) is 16.6 Å². The van der Waals surface area contributed by atoms with E-state index in [4.69, 9.17) is 17.3 Å². The van der Waals surface area contributed by atoms with Gasteiger partial charge in [-0.1, -0.05) is 43.6 Å². The van der Waals surface area contributed by atoms with Gasteiger partial charge in [-0.05, 0) is 17.5 Å². The van der Waals surface area contributed by atoms with Gasteiger partial charge in [0.05, 0.1) is 5.84 Å². The minimum absolute atomic E-state index is 0.537. The molecule has 0 saturated carbocycles. The van der Waals surface area contributed by atoms with Crippen LogP contribution in [0.5, 0.6) is 0 Å². The van der Waals surface area contributed by atoms with E-state index in [-0.39, 0.29) is 0 Å². The first-order valence-corrected chi connectivity index (χ1v) is 5.49. The molecule has 0 radical (unpaired) electrons. The van der Waals surface area contributed by atoms with Gasteiger partial charge < -0.3 is 5.73 Å². The highest BCUT2D eigenvalue weighted by molar-refractivity contribution is 6.31. The summed E-state index contributed by atoms with van der Waals surface area (Å²) in [7, 11) is 0. The number of hydrogen-bond acceptors (Lipinski definition) is 1. The van der Waals surface area contributed by atoms with E-state index < -0.39 is 0 Å². The van der Waals surface area contributed by atoms with Crippen LogP contribution in [0.15, 0.2) is 29.3 Å². The fourth-order valence-electron chi connectivity index (χ4n) is 1.19. The van der Waals surface area contributed by atoms with Gasteiger partial charge in [-0.3, -0.25) is 4.99 Å². The fourth-order valence-corrected chi connectivity index (χ4v) is 1.40. The molecule has 0 aliphatic carbocycles. The van der Waals surface area contributed by atoms with Crippen LogP contribution in [0.3, 0.4) is 0 Å². The van der Waals surface area contributed by atoms with Crippen molar-refractivity contribution < 1.29 is 0 Å². The van der Waals surface area contributed by atoms with Crippen molar-refractivity contribution in [3.8, 4) is 0 Å². The van der Waals surface area contributed by atoms with Gasteiger partial charge in [-0.15, -0.1) is 0 Å². The van der Waals surface area contributed by atoms with E-state index >= 15 is 0 Å². The number of benzene rings is 1. The normalized spacial score (nSPS) is 12.1. The third-order valence-corrected chi connectivity index (χ3v) is 2.36. The van der Waals surface area contributed by atoms with Crippen LogP contribution in [0.2, 0.25) is 5.02 Å². The largest absolute Gasteiger partial charge is 0.387 e. The van der Waals surface area contributed by atoms with E-state index in [1.807, 2.05) is 24.3 Å². The maximum Gasteiger partial charge on any atom is 0.0982 e. The number of nitrogens with zero attached hydrogens (tertiary/aromatic N) is 1. The summed E-state index contributed by atoms with van der Waals surface area (Å²) in [6, 6.07) is 7.71. The van der Waals surface area contributed by atoms with Crippen molar-refractivity contribution >= 4 is 17.4 Å². The lowest BCUT2D eigenvalue weighted by atomic mass is 10.1. The fraction of sp³-hybridized carbons (Fsp3) is 0.417. The highest BCUT2D eigenvalue weighted by Gasteiger charge is 2.01. The standard InChI is InChI=1S/C12H17ClN2/c1-9(2)8-15-12(14)7-10-5-3-4-6-11(10)13/h3-6,9H,7-8H2,1-2H3,(H2,14,15). The Bertz CT molecular complexity index is 345. The van der Waals surface area contributed by atoms with Crippen LogP contribution in [0.1, 0.15) is 19.4 Å². The lowest BCUT2D eigenvalue weighted by Crippen LogP contribution is -2.16. The Hall–Kier alpha value is -1.02. The summed E-state index contributed by atoms with van der Waals surface area (Å²) in [5, 5.41) is 0.750. The molecular weight excluding hydrogens is 208 g/mol. The van der Waals surface area contributed by atoms with E-state index in [9.17, 15) is 0 Å². The van der Waals surface area contributed by atoms with Crippen molar-refractivity contribution in [3.05, 3.63) is 34.9 Å². The first kappa shape index (κ1) is 12.1. The first-order chi connectivity index (χ1) is 7.09. The Morgan fingerprint density at radius 1 is 1.40 bits per heavy atom. The number of rotatable bonds is 4. The van der Waals surface area contributed by atoms with Gasteiger partial charge in [-0.25, -0.2) is 0 Å². The molecule has 82 valence electrons. The molecule has 0 heterocycles. The van der Waals surface area contributed by atoms with Crippen LogP contribution in [0.4, 0.5) is 0 Å². The van der Waals surface area contributed by atoms with Gasteiger partial charge >= 0.3 is 0 Å². The molecular formula is C12H17ClN2. The minimum atomic E-state index is 0.537. The van der Waals surface area contributed by atoms with Gasteiger partial charge in [-0.2, -0.15) is 0 Å². The predicted molar refractivity (Wildman–Crippen MR) is 66.5 cm³/mol. The topological polar surface area (TPSA) is 38.4 Å². The van der Waals surface area contributed by atoms with Crippen molar-refractivity contribution in [1.29, 1.82) is 0 Å². The van der Waals surface area contributed by atoms with Crippen molar-refractivity contribution in [2.45, 2.75) is 20.3 Å². The third kappa shape index (κ3) is 4.34. The van der Waals surface area contributed by atoms with Gasteiger partial charge in [0.2, 0.25) is 0 Å². The molecule has 0 aliphatic heterocycles. The predicted octanol–water partition coefficient (Wildman–Crippen LogP) is 2.90. The molecule has 0 fully saturated rings. The van der Waals surface area contributed by atoms with Crippen molar-refractivity contribution in [2.75, 3.05) is 6.54 Å². The van der Waals surface area contributed by atoms with E-state index in [2.05, 4.69) is 18.8 Å². The minimum Gasteiger partial charge on any atom is -0.387 e. The maximum absolute atomic E-state index is 6.02. The molecule has 0 atom stereocenters. The lowest BCUT2D eigenvalue weighted by Gasteiger charge is -2.05. The summed E-state index contributed by atoms with van der Waals surface area (Å²) in [4.78, 5) is 4.30. The molecule has 0 aromatic heterocycles. The quantitative estimate of drug-likeness (QED) is 0.620. The summed E-state index contributed by atoms with van der Waals surface area (Å²) >= 11 is 6.02. The summed E-state index contributed by atoms with van der Waals surface area (Å²) in [6.07, 6.45) is 0.631. The number of amidine groups is 1. The number of nitrogens with two attached hydrogens (primary N) is 1. The zero-order valence-corrected chi connectivity index (χ0v) is 9.96. The number of hydrogen-bond donors (Lipinski definition) is 1. The van der Waals surface area contributed by atoms with Crippen molar-refractivity contribution in [3.63, 3.8) is 0 Å². The molecule has 1 rings (SSSR count). The Morgan fingerprint density at radius 3 is 2.67 bits per heavy atom. The van der Waals surface area contributed by atoms with Crippen molar-refractivity contribution in [1.82, 2.24) is 0 Å². The molecule has 1 aromatic rings. The number of aliphatic imine (C=N–C) groups is 1. The van der Waals surface area contributed by atoms with E-state index in [1.165, 1.54) is 0 Å². The molecule has 0 bridgehead atoms. The zero-order chi connectivity index (χ0) is 11.3. The molecule has 0 unspecified atom stereocenters. The number of halogens is 1. The molecule has 0 aliphatic rings. The Labute approximate surface area is 96.2 Å². The SMILES string of the molecule is CC(C)CN=C(N)Cc1ccccc1Cl. The van der Waals surface area contributed by atoms with Crippen LogP contribution in [-0.4, -0.2) is 12.4 Å². The second-order valence-corrected chi connectivity index (χ2v) is 4.40. The second kappa shape index (κ2) is 5.76. The summed E-state index contributed by atoms with van der Waals surface area (Å²) in [5.74, 6) is 1.19. The van der Waals surface area contributed by atoms with E-state index in [0.717, 1.165) is 17.1 Å². The average molecular weight is 225 g/mol. The highest BCUT2D eigenvalue weighted by Crippen LogP contribution is 2.15. The Balaban J connectivity index is 2.62. The van der Waals surface area contributed by atoms with Crippen LogP contribution in [0.25, 0.3) is 0 Å². The Morgan fingerprint density at radius 2 is 2.07 bits per heavy atom. The van der Waals surface area contributed by atoms with Gasteiger partial charge in [0.1, 0.15) is 0 Å². The summed E-state index contributed by atoms with van der Waals surface area (Å²) in [5.41, 5.74) is 6.85. The maximum atomic E-state index is 6.02. The Kier molecular flexibility index (Phi) is 4.63. The molecule has 3 heteroatoms. The van der Waals surface area contributed by atoms with Gasteiger partial charge in [0.15, 0.2) is 0 Å². The van der Waals surface area contributed by atoms with Crippen LogP contribution in [0, 0.1) is 5.92 Å². The van der Waals surface area contributed by atoms with Gasteiger partial charge in [0.25, 0.3) is 0 Å². The van der Waals surface area contributed by atoms with Crippen LogP contribution in [-0.2, 0) is 6.42 Å². The zero-order valence-electron chi connectivity index (χ0n) is 9.20. The van der Waals surface area contributed by atoms with Crippen LogP contribution >= 0.6 is 11.6 Å².